The van der Waals surface area contributed by atoms with Crippen LogP contribution in [0.3, 0.4) is 0 Å². The second-order valence-electron chi connectivity index (χ2n) is 5.24. The van der Waals surface area contributed by atoms with E-state index in [1.54, 1.807) is 16.7 Å². The molecule has 0 heteroatoms. The van der Waals surface area contributed by atoms with Crippen LogP contribution in [0, 0.1) is 5.92 Å². The Balaban J connectivity index is 2.13. The molecule has 0 bridgehead atoms. The number of rotatable bonds is 0. The van der Waals surface area contributed by atoms with Crippen LogP contribution in [0.15, 0.2) is 35.9 Å². The highest BCUT2D eigenvalue weighted by Crippen LogP contribution is 2.61. The van der Waals surface area contributed by atoms with E-state index in [9.17, 15) is 0 Å². The third-order valence-corrected chi connectivity index (χ3v) is 4.69. The summed E-state index contributed by atoms with van der Waals surface area (Å²) in [6.45, 7) is 2.44. The Kier molecular flexibility index (Phi) is 1.20. The molecule has 1 fully saturated rings. The standard InChI is InChI=1S/C15H14/c1-15-12-7-3-5-10-4-2-6-11(14(10)15)8-13(15)9-12/h2-7,13H,8-9H2,1H3. The first-order valence-corrected chi connectivity index (χ1v) is 5.80. The molecule has 0 aromatic heterocycles. The van der Waals surface area contributed by atoms with Gasteiger partial charge in [0.15, 0.2) is 0 Å². The average molecular weight is 194 g/mol. The first-order valence-electron chi connectivity index (χ1n) is 5.80. The molecule has 3 aliphatic carbocycles. The molecule has 0 nitrogen and oxygen atoms in total. The molecule has 2 unspecified atom stereocenters. The Morgan fingerprint density at radius 1 is 1.27 bits per heavy atom. The van der Waals surface area contributed by atoms with Crippen LogP contribution in [0.25, 0.3) is 6.08 Å². The molecular formula is C15H14. The van der Waals surface area contributed by atoms with Crippen molar-refractivity contribution in [2.45, 2.75) is 25.2 Å². The SMILES string of the molecule is CC12C3=CC=Cc4cccc(c41)CC2C3. The van der Waals surface area contributed by atoms with Gasteiger partial charge in [-0.3, -0.25) is 0 Å². The summed E-state index contributed by atoms with van der Waals surface area (Å²) in [6, 6.07) is 6.79. The normalized spacial score (nSPS) is 34.2. The molecule has 74 valence electrons. The molecule has 15 heavy (non-hydrogen) atoms. The Bertz CT molecular complexity index is 519. The zero-order valence-corrected chi connectivity index (χ0v) is 8.96. The number of hydrogen-bond acceptors (Lipinski definition) is 0. The van der Waals surface area contributed by atoms with Crippen molar-refractivity contribution < 1.29 is 0 Å². The Morgan fingerprint density at radius 3 is 3.13 bits per heavy atom. The molecule has 0 saturated heterocycles. The minimum Gasteiger partial charge on any atom is -0.0621 e. The zero-order valence-electron chi connectivity index (χ0n) is 8.96. The van der Waals surface area contributed by atoms with Gasteiger partial charge in [-0.2, -0.15) is 0 Å². The third-order valence-electron chi connectivity index (χ3n) is 4.69. The van der Waals surface area contributed by atoms with Crippen LogP contribution in [0.1, 0.15) is 30.0 Å². The first kappa shape index (κ1) is 7.92. The predicted molar refractivity (Wildman–Crippen MR) is 62.7 cm³/mol. The largest absolute Gasteiger partial charge is 0.0621 e. The van der Waals surface area contributed by atoms with Crippen molar-refractivity contribution in [3.63, 3.8) is 0 Å². The van der Waals surface area contributed by atoms with E-state index in [-0.39, 0.29) is 0 Å². The summed E-state index contributed by atoms with van der Waals surface area (Å²) in [7, 11) is 0. The lowest BCUT2D eigenvalue weighted by molar-refractivity contribution is 0.265. The van der Waals surface area contributed by atoms with Gasteiger partial charge >= 0.3 is 0 Å². The van der Waals surface area contributed by atoms with E-state index in [0.717, 1.165) is 5.92 Å². The highest BCUT2D eigenvalue weighted by atomic mass is 14.6. The van der Waals surface area contributed by atoms with Crippen LogP contribution < -0.4 is 0 Å². The lowest BCUT2D eigenvalue weighted by Gasteiger charge is -2.46. The predicted octanol–water partition coefficient (Wildman–Crippen LogP) is 3.47. The fourth-order valence-electron chi connectivity index (χ4n) is 3.79. The maximum absolute atomic E-state index is 2.44. The highest BCUT2D eigenvalue weighted by molar-refractivity contribution is 5.68. The summed E-state index contributed by atoms with van der Waals surface area (Å²) < 4.78 is 0. The van der Waals surface area contributed by atoms with Gasteiger partial charge in [0, 0.05) is 5.41 Å². The van der Waals surface area contributed by atoms with Crippen molar-refractivity contribution in [2.24, 2.45) is 5.92 Å². The van der Waals surface area contributed by atoms with Gasteiger partial charge in [0.1, 0.15) is 0 Å². The molecule has 2 atom stereocenters. The Hall–Kier alpha value is -1.30. The van der Waals surface area contributed by atoms with Crippen LogP contribution in [0.2, 0.25) is 0 Å². The third kappa shape index (κ3) is 0.728. The summed E-state index contributed by atoms with van der Waals surface area (Å²) in [5.41, 5.74) is 6.70. The molecule has 0 amide bonds. The second kappa shape index (κ2) is 2.27. The van der Waals surface area contributed by atoms with Crippen LogP contribution in [0.5, 0.6) is 0 Å². The number of allylic oxidation sites excluding steroid dienone is 3. The van der Waals surface area contributed by atoms with E-state index in [0.29, 0.717) is 5.41 Å². The van der Waals surface area contributed by atoms with Crippen molar-refractivity contribution in [2.75, 3.05) is 0 Å². The smallest absolute Gasteiger partial charge is 0.0180 e. The minimum atomic E-state index is 0.384. The summed E-state index contributed by atoms with van der Waals surface area (Å²) >= 11 is 0. The molecule has 4 rings (SSSR count). The molecule has 1 aromatic rings. The van der Waals surface area contributed by atoms with Gasteiger partial charge in [-0.25, -0.2) is 0 Å². The van der Waals surface area contributed by atoms with E-state index < -0.39 is 0 Å². The van der Waals surface area contributed by atoms with Crippen molar-refractivity contribution in [3.8, 4) is 0 Å². The van der Waals surface area contributed by atoms with E-state index >= 15 is 0 Å². The van der Waals surface area contributed by atoms with E-state index in [2.05, 4.69) is 43.4 Å². The van der Waals surface area contributed by atoms with E-state index in [1.807, 2.05) is 0 Å². The molecule has 0 aliphatic heterocycles. The van der Waals surface area contributed by atoms with Gasteiger partial charge in [-0.15, -0.1) is 0 Å². The molecule has 0 radical (unpaired) electrons. The van der Waals surface area contributed by atoms with Crippen molar-refractivity contribution in [3.05, 3.63) is 52.6 Å². The van der Waals surface area contributed by atoms with Gasteiger partial charge in [0.2, 0.25) is 0 Å². The lowest BCUT2D eigenvalue weighted by atomic mass is 9.57. The zero-order chi connectivity index (χ0) is 10.0. The Labute approximate surface area is 90.3 Å². The van der Waals surface area contributed by atoms with Crippen molar-refractivity contribution in [1.29, 1.82) is 0 Å². The molecule has 0 spiro atoms. The van der Waals surface area contributed by atoms with Crippen LogP contribution in [-0.4, -0.2) is 0 Å². The maximum Gasteiger partial charge on any atom is 0.0180 e. The van der Waals surface area contributed by atoms with Crippen molar-refractivity contribution in [1.82, 2.24) is 0 Å². The quantitative estimate of drug-likeness (QED) is 0.593. The van der Waals surface area contributed by atoms with Gasteiger partial charge in [-0.05, 0) is 35.4 Å². The minimum absolute atomic E-state index is 0.384. The number of hydrogen-bond donors (Lipinski definition) is 0. The molecular weight excluding hydrogens is 180 g/mol. The van der Waals surface area contributed by atoms with E-state index in [1.165, 1.54) is 18.4 Å². The van der Waals surface area contributed by atoms with Crippen LogP contribution in [0.4, 0.5) is 0 Å². The summed E-state index contributed by atoms with van der Waals surface area (Å²) in [5.74, 6) is 0.875. The maximum atomic E-state index is 2.44. The summed E-state index contributed by atoms with van der Waals surface area (Å²) in [5, 5.41) is 0. The molecule has 0 N–H and O–H groups in total. The Morgan fingerprint density at radius 2 is 2.20 bits per heavy atom. The van der Waals surface area contributed by atoms with Gasteiger partial charge in [-0.1, -0.05) is 48.9 Å². The molecule has 0 heterocycles. The fraction of sp³-hybridized carbons (Fsp3) is 0.333. The van der Waals surface area contributed by atoms with Gasteiger partial charge < -0.3 is 0 Å². The highest BCUT2D eigenvalue weighted by Gasteiger charge is 2.54. The van der Waals surface area contributed by atoms with Gasteiger partial charge in [0.25, 0.3) is 0 Å². The topological polar surface area (TPSA) is 0 Å². The number of benzene rings is 1. The van der Waals surface area contributed by atoms with Crippen molar-refractivity contribution >= 4 is 6.08 Å². The second-order valence-corrected chi connectivity index (χ2v) is 5.24. The summed E-state index contributed by atoms with van der Waals surface area (Å²) in [4.78, 5) is 0. The first-order chi connectivity index (χ1) is 7.30. The lowest BCUT2D eigenvalue weighted by Crippen LogP contribution is -2.41. The molecule has 3 aliphatic rings. The molecule has 1 aromatic carbocycles. The molecule has 1 saturated carbocycles. The van der Waals surface area contributed by atoms with Crippen LogP contribution >= 0.6 is 0 Å². The van der Waals surface area contributed by atoms with E-state index in [4.69, 9.17) is 0 Å². The van der Waals surface area contributed by atoms with Gasteiger partial charge in [0.05, 0.1) is 0 Å². The summed E-state index contributed by atoms with van der Waals surface area (Å²) in [6.07, 6.45) is 9.45. The van der Waals surface area contributed by atoms with Crippen LogP contribution in [-0.2, 0) is 11.8 Å². The fourth-order valence-corrected chi connectivity index (χ4v) is 3.79. The monoisotopic (exact) mass is 194 g/mol. The average Bonchev–Trinajstić information content (AvgIpc) is 2.39.